The van der Waals surface area contributed by atoms with E-state index in [0.717, 1.165) is 13.1 Å². The average Bonchev–Trinajstić information content (AvgIpc) is 2.38. The summed E-state index contributed by atoms with van der Waals surface area (Å²) >= 11 is 0. The summed E-state index contributed by atoms with van der Waals surface area (Å²) in [4.78, 5) is 0. The minimum Gasteiger partial charge on any atom is -0.329 e. The third kappa shape index (κ3) is 2.01. The first kappa shape index (κ1) is 11.7. The van der Waals surface area contributed by atoms with Crippen LogP contribution >= 0.6 is 0 Å². The Hall–Kier alpha value is -0.340. The van der Waals surface area contributed by atoms with Crippen LogP contribution in [0.2, 0.25) is 0 Å². The van der Waals surface area contributed by atoms with Crippen molar-refractivity contribution >= 4 is 0 Å². The first-order chi connectivity index (χ1) is 6.43. The second-order valence-electron chi connectivity index (χ2n) is 5.33. The quantitative estimate of drug-likeness (QED) is 0.675. The number of nitrogens with two attached hydrogens (primary N) is 1. The molecular formula is C12H24N2. The zero-order chi connectivity index (χ0) is 10.8. The molecule has 1 rings (SSSR count). The maximum absolute atomic E-state index is 5.94. The highest BCUT2D eigenvalue weighted by atomic mass is 15.0. The van der Waals surface area contributed by atoms with Crippen LogP contribution in [0.25, 0.3) is 0 Å². The topological polar surface area (TPSA) is 38.0 Å². The van der Waals surface area contributed by atoms with Gasteiger partial charge in [-0.3, -0.25) is 0 Å². The molecule has 3 N–H and O–H groups in total. The summed E-state index contributed by atoms with van der Waals surface area (Å²) in [5, 5.41) is 3.61. The Morgan fingerprint density at radius 1 is 1.43 bits per heavy atom. The van der Waals surface area contributed by atoms with Gasteiger partial charge >= 0.3 is 0 Å². The molecule has 2 nitrogen and oxygen atoms in total. The van der Waals surface area contributed by atoms with Gasteiger partial charge in [0.2, 0.25) is 0 Å². The Bertz CT molecular complexity index is 220. The fraction of sp³-hybridized carbons (Fsp3) is 0.833. The van der Waals surface area contributed by atoms with Crippen molar-refractivity contribution in [3.8, 4) is 0 Å². The number of rotatable bonds is 4. The van der Waals surface area contributed by atoms with Crippen molar-refractivity contribution in [2.75, 3.05) is 13.1 Å². The molecule has 0 bridgehead atoms. The molecule has 0 aromatic heterocycles. The molecule has 1 aliphatic carbocycles. The molecule has 0 aromatic rings. The monoisotopic (exact) mass is 196 g/mol. The molecule has 1 aliphatic rings. The lowest BCUT2D eigenvalue weighted by atomic mass is 9.75. The molecule has 1 saturated carbocycles. The van der Waals surface area contributed by atoms with E-state index in [-0.39, 0.29) is 5.54 Å². The van der Waals surface area contributed by atoms with Gasteiger partial charge in [-0.1, -0.05) is 32.4 Å². The Morgan fingerprint density at radius 2 is 2.07 bits per heavy atom. The summed E-state index contributed by atoms with van der Waals surface area (Å²) in [5.74, 6) is 0. The SMILES string of the molecule is C=C(C)CNC1(CN)CCCC1(C)C. The van der Waals surface area contributed by atoms with Crippen LogP contribution in [0.5, 0.6) is 0 Å². The minimum atomic E-state index is 0.131. The van der Waals surface area contributed by atoms with E-state index in [1.807, 2.05) is 0 Å². The number of hydrogen-bond acceptors (Lipinski definition) is 2. The lowest BCUT2D eigenvalue weighted by molar-refractivity contribution is 0.169. The molecule has 1 fully saturated rings. The average molecular weight is 196 g/mol. The molecule has 0 amide bonds. The summed E-state index contributed by atoms with van der Waals surface area (Å²) in [7, 11) is 0. The van der Waals surface area contributed by atoms with Gasteiger partial charge in [-0.05, 0) is 25.2 Å². The zero-order valence-corrected chi connectivity index (χ0v) is 9.82. The number of hydrogen-bond donors (Lipinski definition) is 2. The summed E-state index contributed by atoms with van der Waals surface area (Å²) < 4.78 is 0. The smallest absolute Gasteiger partial charge is 0.0358 e. The fourth-order valence-electron chi connectivity index (χ4n) is 2.51. The fourth-order valence-corrected chi connectivity index (χ4v) is 2.51. The summed E-state index contributed by atoms with van der Waals surface area (Å²) in [6.07, 6.45) is 3.75. The third-order valence-corrected chi connectivity index (χ3v) is 3.78. The van der Waals surface area contributed by atoms with Crippen molar-refractivity contribution in [3.05, 3.63) is 12.2 Å². The highest BCUT2D eigenvalue weighted by Gasteiger charge is 2.47. The molecule has 82 valence electrons. The third-order valence-electron chi connectivity index (χ3n) is 3.78. The van der Waals surface area contributed by atoms with E-state index < -0.39 is 0 Å². The van der Waals surface area contributed by atoms with Crippen molar-refractivity contribution in [3.63, 3.8) is 0 Å². The van der Waals surface area contributed by atoms with Gasteiger partial charge in [0, 0.05) is 18.6 Å². The summed E-state index contributed by atoms with van der Waals surface area (Å²) in [6, 6.07) is 0. The van der Waals surface area contributed by atoms with Crippen molar-refractivity contribution < 1.29 is 0 Å². The van der Waals surface area contributed by atoms with Crippen LogP contribution in [0.4, 0.5) is 0 Å². The van der Waals surface area contributed by atoms with E-state index in [0.29, 0.717) is 5.41 Å². The zero-order valence-electron chi connectivity index (χ0n) is 9.82. The van der Waals surface area contributed by atoms with Gasteiger partial charge < -0.3 is 11.1 Å². The molecule has 0 saturated heterocycles. The lowest BCUT2D eigenvalue weighted by Gasteiger charge is -2.42. The van der Waals surface area contributed by atoms with Crippen LogP contribution in [0, 0.1) is 5.41 Å². The molecule has 0 spiro atoms. The van der Waals surface area contributed by atoms with Gasteiger partial charge in [0.1, 0.15) is 0 Å². The standard InChI is InChI=1S/C12H24N2/c1-10(2)8-14-12(9-13)7-5-6-11(12,3)4/h14H,1,5-9,13H2,2-4H3. The summed E-state index contributed by atoms with van der Waals surface area (Å²) in [6.45, 7) is 12.2. The van der Waals surface area contributed by atoms with Crippen molar-refractivity contribution in [1.82, 2.24) is 5.32 Å². The Balaban J connectivity index is 2.70. The van der Waals surface area contributed by atoms with Crippen LogP contribution in [0.3, 0.4) is 0 Å². The van der Waals surface area contributed by atoms with Gasteiger partial charge in [-0.25, -0.2) is 0 Å². The second kappa shape index (κ2) is 4.03. The van der Waals surface area contributed by atoms with Gasteiger partial charge in [0.15, 0.2) is 0 Å². The van der Waals surface area contributed by atoms with Gasteiger partial charge in [0.05, 0.1) is 0 Å². The van der Waals surface area contributed by atoms with Crippen LogP contribution in [-0.4, -0.2) is 18.6 Å². The molecule has 1 atom stereocenters. The van der Waals surface area contributed by atoms with E-state index in [2.05, 4.69) is 32.7 Å². The molecule has 14 heavy (non-hydrogen) atoms. The predicted molar refractivity (Wildman–Crippen MR) is 62.2 cm³/mol. The van der Waals surface area contributed by atoms with E-state index >= 15 is 0 Å². The first-order valence-electron chi connectivity index (χ1n) is 5.53. The van der Waals surface area contributed by atoms with Crippen LogP contribution in [0.15, 0.2) is 12.2 Å². The van der Waals surface area contributed by atoms with E-state index in [9.17, 15) is 0 Å². The van der Waals surface area contributed by atoms with Crippen molar-refractivity contribution in [1.29, 1.82) is 0 Å². The molecule has 1 unspecified atom stereocenters. The lowest BCUT2D eigenvalue weighted by Crippen LogP contribution is -2.58. The predicted octanol–water partition coefficient (Wildman–Crippen LogP) is 2.06. The molecular weight excluding hydrogens is 172 g/mol. The van der Waals surface area contributed by atoms with Gasteiger partial charge in [0.25, 0.3) is 0 Å². The van der Waals surface area contributed by atoms with E-state index in [1.165, 1.54) is 24.8 Å². The maximum Gasteiger partial charge on any atom is 0.0358 e. The van der Waals surface area contributed by atoms with Crippen molar-refractivity contribution in [2.24, 2.45) is 11.1 Å². The molecule has 0 radical (unpaired) electrons. The number of nitrogens with one attached hydrogen (secondary N) is 1. The Kier molecular flexibility index (Phi) is 3.38. The molecule has 2 heteroatoms. The highest BCUT2D eigenvalue weighted by molar-refractivity contribution is 5.08. The second-order valence-corrected chi connectivity index (χ2v) is 5.33. The Morgan fingerprint density at radius 3 is 2.43 bits per heavy atom. The van der Waals surface area contributed by atoms with E-state index in [1.54, 1.807) is 0 Å². The maximum atomic E-state index is 5.94. The Labute approximate surface area is 87.9 Å². The van der Waals surface area contributed by atoms with E-state index in [4.69, 9.17) is 5.73 Å². The highest BCUT2D eigenvalue weighted by Crippen LogP contribution is 2.45. The van der Waals surface area contributed by atoms with Crippen molar-refractivity contribution in [2.45, 2.75) is 45.6 Å². The van der Waals surface area contributed by atoms with Gasteiger partial charge in [-0.2, -0.15) is 0 Å². The molecule has 0 aliphatic heterocycles. The summed E-state index contributed by atoms with van der Waals surface area (Å²) in [5.41, 5.74) is 7.57. The molecule has 0 heterocycles. The van der Waals surface area contributed by atoms with Crippen LogP contribution in [-0.2, 0) is 0 Å². The molecule has 0 aromatic carbocycles. The van der Waals surface area contributed by atoms with Crippen LogP contribution in [0.1, 0.15) is 40.0 Å². The normalized spacial score (nSPS) is 30.6. The van der Waals surface area contributed by atoms with Crippen LogP contribution < -0.4 is 11.1 Å². The minimum absolute atomic E-state index is 0.131. The largest absolute Gasteiger partial charge is 0.329 e. The first-order valence-corrected chi connectivity index (χ1v) is 5.53. The van der Waals surface area contributed by atoms with Gasteiger partial charge in [-0.15, -0.1) is 0 Å².